The number of piperazine rings is 1. The van der Waals surface area contributed by atoms with Gasteiger partial charge in [0.2, 0.25) is 5.91 Å². The van der Waals surface area contributed by atoms with Gasteiger partial charge in [-0.15, -0.1) is 0 Å². The van der Waals surface area contributed by atoms with Crippen molar-refractivity contribution in [1.29, 1.82) is 5.26 Å². The van der Waals surface area contributed by atoms with Crippen molar-refractivity contribution in [1.82, 2.24) is 10.2 Å². The van der Waals surface area contributed by atoms with Crippen LogP contribution >= 0.6 is 0 Å². The molecule has 2 aliphatic rings. The van der Waals surface area contributed by atoms with Crippen LogP contribution in [0.5, 0.6) is 0 Å². The number of amides is 1. The number of nitrogens with zero attached hydrogens (tertiary/aromatic N) is 3. The number of carbonyl (C=O) groups is 1. The second kappa shape index (κ2) is 10.1. The fourth-order valence-electron chi connectivity index (χ4n) is 4.17. The second-order valence-corrected chi connectivity index (χ2v) is 9.32. The maximum Gasteiger partial charge on any atom is 0.224 e. The summed E-state index contributed by atoms with van der Waals surface area (Å²) in [5, 5.41) is 11.4. The minimum atomic E-state index is -1.11. The number of anilines is 1. The zero-order valence-corrected chi connectivity index (χ0v) is 17.4. The van der Waals surface area contributed by atoms with Gasteiger partial charge >= 0.3 is 0 Å². The lowest BCUT2D eigenvalue weighted by atomic mass is 9.80. The molecule has 1 aliphatic carbocycles. The van der Waals surface area contributed by atoms with E-state index in [0.29, 0.717) is 5.75 Å². The molecule has 1 aliphatic heterocycles. The molecule has 6 nitrogen and oxygen atoms in total. The van der Waals surface area contributed by atoms with Crippen LogP contribution in [0, 0.1) is 23.2 Å². The third kappa shape index (κ3) is 5.40. The van der Waals surface area contributed by atoms with E-state index in [1.807, 2.05) is 18.2 Å². The zero-order chi connectivity index (χ0) is 19.9. The molecule has 0 spiro atoms. The first-order valence-corrected chi connectivity index (χ1v) is 11.5. The summed E-state index contributed by atoms with van der Waals surface area (Å²) in [5.74, 6) is 0.438. The first-order valence-electron chi connectivity index (χ1n) is 10.1. The summed E-state index contributed by atoms with van der Waals surface area (Å²) in [6.07, 6.45) is 3.84. The predicted molar refractivity (Wildman–Crippen MR) is 111 cm³/mol. The number of nitrogens with one attached hydrogen (secondary N) is 1. The first-order chi connectivity index (χ1) is 13.6. The summed E-state index contributed by atoms with van der Waals surface area (Å²) < 4.78 is 12.9. The van der Waals surface area contributed by atoms with Crippen molar-refractivity contribution in [2.75, 3.05) is 50.4 Å². The average molecular weight is 403 g/mol. The van der Waals surface area contributed by atoms with Gasteiger partial charge in [-0.3, -0.25) is 4.79 Å². The molecule has 1 heterocycles. The minimum Gasteiger partial charge on any atom is -0.611 e. The molecule has 1 aromatic rings. The van der Waals surface area contributed by atoms with E-state index in [2.05, 4.69) is 34.3 Å². The summed E-state index contributed by atoms with van der Waals surface area (Å²) >= 11 is -1.11. The largest absolute Gasteiger partial charge is 0.611 e. The SMILES string of the molecule is CN1CCN(c2ccc([S+]([O-])CC3CCCCC3C(=O)NCC#N)cc2)CC1. The van der Waals surface area contributed by atoms with Gasteiger partial charge in [0, 0.05) is 43.7 Å². The summed E-state index contributed by atoms with van der Waals surface area (Å²) in [6, 6.07) is 10.0. The molecule has 7 heteroatoms. The maximum absolute atomic E-state index is 12.9. The van der Waals surface area contributed by atoms with Gasteiger partial charge in [-0.2, -0.15) is 5.26 Å². The van der Waals surface area contributed by atoms with Crippen LogP contribution in [-0.2, 0) is 16.0 Å². The Labute approximate surface area is 171 Å². The summed E-state index contributed by atoms with van der Waals surface area (Å²) in [5.41, 5.74) is 1.18. The van der Waals surface area contributed by atoms with Crippen LogP contribution in [0.1, 0.15) is 25.7 Å². The van der Waals surface area contributed by atoms with E-state index >= 15 is 0 Å². The Kier molecular flexibility index (Phi) is 7.60. The van der Waals surface area contributed by atoms with Crippen LogP contribution in [-0.4, -0.2) is 60.9 Å². The fourth-order valence-corrected chi connectivity index (χ4v) is 5.59. The number of rotatable bonds is 6. The Hall–Kier alpha value is -1.75. The van der Waals surface area contributed by atoms with E-state index in [9.17, 15) is 9.35 Å². The van der Waals surface area contributed by atoms with Crippen LogP contribution in [0.25, 0.3) is 0 Å². The Morgan fingerprint density at radius 1 is 1.21 bits per heavy atom. The van der Waals surface area contributed by atoms with Crippen molar-refractivity contribution in [3.8, 4) is 6.07 Å². The highest BCUT2D eigenvalue weighted by Gasteiger charge is 2.34. The number of hydrogen-bond acceptors (Lipinski definition) is 5. The maximum atomic E-state index is 12.9. The lowest BCUT2D eigenvalue weighted by molar-refractivity contribution is -0.127. The summed E-state index contributed by atoms with van der Waals surface area (Å²) in [6.45, 7) is 4.19. The van der Waals surface area contributed by atoms with Crippen molar-refractivity contribution < 1.29 is 9.35 Å². The first kappa shape index (κ1) is 21.0. The lowest BCUT2D eigenvalue weighted by Crippen LogP contribution is -2.44. The van der Waals surface area contributed by atoms with Gasteiger partial charge in [0.05, 0.1) is 6.07 Å². The Balaban J connectivity index is 1.59. The van der Waals surface area contributed by atoms with Gasteiger partial charge in [0.15, 0.2) is 4.90 Å². The molecular formula is C21H30N4O2S. The molecule has 3 rings (SSSR count). The van der Waals surface area contributed by atoms with E-state index in [4.69, 9.17) is 5.26 Å². The predicted octanol–water partition coefficient (Wildman–Crippen LogP) is 1.99. The quantitative estimate of drug-likeness (QED) is 0.581. The van der Waals surface area contributed by atoms with Gasteiger partial charge in [0.25, 0.3) is 0 Å². The molecule has 152 valence electrons. The van der Waals surface area contributed by atoms with E-state index in [0.717, 1.165) is 56.8 Å². The lowest BCUT2D eigenvalue weighted by Gasteiger charge is -2.34. The molecule has 28 heavy (non-hydrogen) atoms. The smallest absolute Gasteiger partial charge is 0.224 e. The highest BCUT2D eigenvalue weighted by molar-refractivity contribution is 7.91. The van der Waals surface area contributed by atoms with Crippen molar-refractivity contribution in [2.24, 2.45) is 11.8 Å². The third-order valence-electron chi connectivity index (χ3n) is 5.92. The van der Waals surface area contributed by atoms with Gasteiger partial charge in [-0.05, 0) is 55.3 Å². The number of carbonyl (C=O) groups excluding carboxylic acids is 1. The molecule has 1 N–H and O–H groups in total. The second-order valence-electron chi connectivity index (χ2n) is 7.82. The molecular weight excluding hydrogens is 372 g/mol. The number of nitriles is 1. The van der Waals surface area contributed by atoms with Crippen molar-refractivity contribution >= 4 is 22.8 Å². The minimum absolute atomic E-state index is 0.0406. The van der Waals surface area contributed by atoms with Crippen LogP contribution in [0.15, 0.2) is 29.2 Å². The van der Waals surface area contributed by atoms with E-state index in [1.54, 1.807) is 0 Å². The normalized spacial score (nSPS) is 24.4. The van der Waals surface area contributed by atoms with Crippen LogP contribution in [0.3, 0.4) is 0 Å². The average Bonchev–Trinajstić information content (AvgIpc) is 2.73. The van der Waals surface area contributed by atoms with E-state index in [-0.39, 0.29) is 24.3 Å². The number of likely N-dealkylation sites (N-methyl/N-ethyl adjacent to an activating group) is 1. The molecule has 1 saturated heterocycles. The van der Waals surface area contributed by atoms with Crippen LogP contribution in [0.2, 0.25) is 0 Å². The summed E-state index contributed by atoms with van der Waals surface area (Å²) in [7, 11) is 2.14. The molecule has 1 saturated carbocycles. The molecule has 1 aromatic carbocycles. The Morgan fingerprint density at radius 2 is 1.89 bits per heavy atom. The Bertz CT molecular complexity index is 683. The van der Waals surface area contributed by atoms with E-state index in [1.165, 1.54) is 5.69 Å². The molecule has 0 bridgehead atoms. The van der Waals surface area contributed by atoms with Gasteiger partial charge in [-0.1, -0.05) is 12.8 Å². The monoisotopic (exact) mass is 402 g/mol. The summed E-state index contributed by atoms with van der Waals surface area (Å²) in [4.78, 5) is 17.9. The molecule has 3 atom stereocenters. The van der Waals surface area contributed by atoms with Gasteiger partial charge in [0.1, 0.15) is 12.3 Å². The van der Waals surface area contributed by atoms with Gasteiger partial charge in [-0.25, -0.2) is 0 Å². The zero-order valence-electron chi connectivity index (χ0n) is 16.6. The molecule has 0 aromatic heterocycles. The van der Waals surface area contributed by atoms with Crippen molar-refractivity contribution in [3.05, 3.63) is 24.3 Å². The van der Waals surface area contributed by atoms with Crippen molar-refractivity contribution in [3.63, 3.8) is 0 Å². The van der Waals surface area contributed by atoms with E-state index < -0.39 is 11.2 Å². The third-order valence-corrected chi connectivity index (χ3v) is 7.45. The van der Waals surface area contributed by atoms with Crippen LogP contribution < -0.4 is 10.2 Å². The van der Waals surface area contributed by atoms with Crippen molar-refractivity contribution in [2.45, 2.75) is 30.6 Å². The molecule has 1 amide bonds. The molecule has 0 radical (unpaired) electrons. The molecule has 3 unspecified atom stereocenters. The highest BCUT2D eigenvalue weighted by Crippen LogP contribution is 2.33. The topological polar surface area (TPSA) is 82.4 Å². The Morgan fingerprint density at radius 3 is 2.57 bits per heavy atom. The number of benzene rings is 1. The standard InChI is InChI=1S/C21H30N4O2S/c1-24-12-14-25(15-13-24)18-6-8-19(9-7-18)28(27)16-17-4-2-3-5-20(17)21(26)23-11-10-22/h6-9,17,20H,2-5,11-16H2,1H3,(H,23,26). The molecule has 2 fully saturated rings. The van der Waals surface area contributed by atoms with Crippen LogP contribution in [0.4, 0.5) is 5.69 Å². The van der Waals surface area contributed by atoms with Gasteiger partial charge < -0.3 is 19.7 Å². The number of hydrogen-bond donors (Lipinski definition) is 1. The highest BCUT2D eigenvalue weighted by atomic mass is 32.2. The fraction of sp³-hybridized carbons (Fsp3) is 0.619.